The number of aromatic nitrogens is 3. The van der Waals surface area contributed by atoms with Crippen molar-refractivity contribution in [3.8, 4) is 0 Å². The lowest BCUT2D eigenvalue weighted by Crippen LogP contribution is -2.08. The summed E-state index contributed by atoms with van der Waals surface area (Å²) in [6.45, 7) is 0.739. The van der Waals surface area contributed by atoms with Crippen molar-refractivity contribution in [3.63, 3.8) is 0 Å². The van der Waals surface area contributed by atoms with Gasteiger partial charge in [-0.15, -0.1) is 11.3 Å². The lowest BCUT2D eigenvalue weighted by molar-refractivity contribution is 0.967. The van der Waals surface area contributed by atoms with Crippen LogP contribution in [0.5, 0.6) is 0 Å². The summed E-state index contributed by atoms with van der Waals surface area (Å²) in [5.74, 6) is 0.974. The average Bonchev–Trinajstić information content (AvgIpc) is 2.69. The second-order valence-electron chi connectivity index (χ2n) is 3.04. The van der Waals surface area contributed by atoms with Crippen LogP contribution in [0.3, 0.4) is 0 Å². The highest BCUT2D eigenvalue weighted by atomic mass is 79.9. The molecule has 0 saturated carbocycles. The SMILES string of the molecule is Nc1cc(Br)nc(NCCc2nccs2)n1. The number of hydrogen-bond acceptors (Lipinski definition) is 6. The topological polar surface area (TPSA) is 76.7 Å². The molecule has 0 radical (unpaired) electrons. The van der Waals surface area contributed by atoms with Gasteiger partial charge < -0.3 is 11.1 Å². The molecule has 2 aromatic heterocycles. The van der Waals surface area contributed by atoms with Gasteiger partial charge in [0.05, 0.1) is 5.01 Å². The van der Waals surface area contributed by atoms with Crippen LogP contribution in [0, 0.1) is 0 Å². The molecule has 3 N–H and O–H groups in total. The van der Waals surface area contributed by atoms with Crippen molar-refractivity contribution in [3.05, 3.63) is 27.3 Å². The Labute approximate surface area is 105 Å². The minimum Gasteiger partial charge on any atom is -0.383 e. The van der Waals surface area contributed by atoms with Gasteiger partial charge in [0.25, 0.3) is 0 Å². The molecule has 2 heterocycles. The molecule has 0 unspecified atom stereocenters. The Morgan fingerprint density at radius 3 is 3.00 bits per heavy atom. The first kappa shape index (κ1) is 11.3. The molecule has 2 rings (SSSR count). The van der Waals surface area contributed by atoms with Crippen molar-refractivity contribution >= 4 is 39.0 Å². The number of anilines is 2. The van der Waals surface area contributed by atoms with E-state index in [4.69, 9.17) is 5.73 Å². The summed E-state index contributed by atoms with van der Waals surface area (Å²) in [6, 6.07) is 1.66. The molecule has 0 aliphatic carbocycles. The van der Waals surface area contributed by atoms with Gasteiger partial charge in [-0.3, -0.25) is 0 Å². The molecule has 0 atom stereocenters. The zero-order chi connectivity index (χ0) is 11.4. The fraction of sp³-hybridized carbons (Fsp3) is 0.222. The zero-order valence-electron chi connectivity index (χ0n) is 8.35. The number of thiazole rings is 1. The minimum atomic E-state index is 0.443. The number of halogens is 1. The summed E-state index contributed by atoms with van der Waals surface area (Å²) in [4.78, 5) is 12.4. The van der Waals surface area contributed by atoms with Gasteiger partial charge in [0.15, 0.2) is 0 Å². The first-order chi connectivity index (χ1) is 7.74. The third-order valence-corrected chi connectivity index (χ3v) is 3.07. The molecule has 2 aromatic rings. The van der Waals surface area contributed by atoms with Gasteiger partial charge in [0.1, 0.15) is 10.4 Å². The van der Waals surface area contributed by atoms with E-state index in [-0.39, 0.29) is 0 Å². The van der Waals surface area contributed by atoms with Gasteiger partial charge in [-0.1, -0.05) is 0 Å². The predicted molar refractivity (Wildman–Crippen MR) is 68.5 cm³/mol. The molecule has 0 amide bonds. The van der Waals surface area contributed by atoms with Gasteiger partial charge >= 0.3 is 0 Å². The van der Waals surface area contributed by atoms with Gasteiger partial charge in [-0.05, 0) is 15.9 Å². The highest BCUT2D eigenvalue weighted by Gasteiger charge is 2.00. The lowest BCUT2D eigenvalue weighted by Gasteiger charge is -2.04. The van der Waals surface area contributed by atoms with Gasteiger partial charge in [0.2, 0.25) is 5.95 Å². The monoisotopic (exact) mass is 299 g/mol. The molecular weight excluding hydrogens is 290 g/mol. The smallest absolute Gasteiger partial charge is 0.225 e. The van der Waals surface area contributed by atoms with Crippen molar-refractivity contribution in [1.29, 1.82) is 0 Å². The van der Waals surface area contributed by atoms with E-state index in [0.29, 0.717) is 16.4 Å². The lowest BCUT2D eigenvalue weighted by atomic mass is 10.4. The van der Waals surface area contributed by atoms with Crippen LogP contribution in [0.1, 0.15) is 5.01 Å². The zero-order valence-corrected chi connectivity index (χ0v) is 10.8. The Balaban J connectivity index is 1.89. The summed E-state index contributed by atoms with van der Waals surface area (Å²) in [5.41, 5.74) is 5.59. The molecule has 84 valence electrons. The van der Waals surface area contributed by atoms with E-state index in [1.54, 1.807) is 23.6 Å². The van der Waals surface area contributed by atoms with Crippen LogP contribution >= 0.6 is 27.3 Å². The van der Waals surface area contributed by atoms with Gasteiger partial charge in [0, 0.05) is 30.6 Å². The molecule has 7 heteroatoms. The van der Waals surface area contributed by atoms with Crippen LogP contribution in [0.2, 0.25) is 0 Å². The fourth-order valence-corrected chi connectivity index (χ4v) is 2.19. The summed E-state index contributed by atoms with van der Waals surface area (Å²) in [7, 11) is 0. The third-order valence-electron chi connectivity index (χ3n) is 1.82. The van der Waals surface area contributed by atoms with Crippen molar-refractivity contribution in [2.24, 2.45) is 0 Å². The van der Waals surface area contributed by atoms with Gasteiger partial charge in [-0.25, -0.2) is 9.97 Å². The largest absolute Gasteiger partial charge is 0.383 e. The molecule has 0 bridgehead atoms. The van der Waals surface area contributed by atoms with Crippen LogP contribution in [-0.4, -0.2) is 21.5 Å². The molecule has 0 fully saturated rings. The van der Waals surface area contributed by atoms with Crippen LogP contribution < -0.4 is 11.1 Å². The number of nitrogen functional groups attached to an aromatic ring is 1. The average molecular weight is 300 g/mol. The fourth-order valence-electron chi connectivity index (χ4n) is 1.17. The van der Waals surface area contributed by atoms with Crippen molar-refractivity contribution in [1.82, 2.24) is 15.0 Å². The third kappa shape index (κ3) is 3.14. The minimum absolute atomic E-state index is 0.443. The van der Waals surface area contributed by atoms with Crippen LogP contribution in [0.4, 0.5) is 11.8 Å². The van der Waals surface area contributed by atoms with E-state index in [1.165, 1.54) is 0 Å². The van der Waals surface area contributed by atoms with Crippen molar-refractivity contribution in [2.45, 2.75) is 6.42 Å². The maximum atomic E-state index is 5.59. The Bertz CT molecular complexity index is 439. The summed E-state index contributed by atoms with van der Waals surface area (Å²) in [6.07, 6.45) is 2.65. The maximum Gasteiger partial charge on any atom is 0.225 e. The highest BCUT2D eigenvalue weighted by molar-refractivity contribution is 9.10. The van der Waals surface area contributed by atoms with E-state index >= 15 is 0 Å². The second kappa shape index (κ2) is 5.22. The van der Waals surface area contributed by atoms with E-state index in [1.807, 2.05) is 5.38 Å². The molecule has 0 aliphatic heterocycles. The second-order valence-corrected chi connectivity index (χ2v) is 4.83. The quantitative estimate of drug-likeness (QED) is 0.844. The molecule has 0 spiro atoms. The molecule has 0 aromatic carbocycles. The molecular formula is C9H10BrN5S. The van der Waals surface area contributed by atoms with E-state index in [9.17, 15) is 0 Å². The number of nitrogens with zero attached hydrogens (tertiary/aromatic N) is 3. The molecule has 0 saturated heterocycles. The number of nitrogens with one attached hydrogen (secondary N) is 1. The normalized spacial score (nSPS) is 10.3. The summed E-state index contributed by atoms with van der Waals surface area (Å²) < 4.78 is 0.678. The van der Waals surface area contributed by atoms with E-state index < -0.39 is 0 Å². The van der Waals surface area contributed by atoms with Crippen molar-refractivity contribution in [2.75, 3.05) is 17.6 Å². The molecule has 0 aliphatic rings. The predicted octanol–water partition coefficient (Wildman–Crippen LogP) is 1.93. The van der Waals surface area contributed by atoms with Crippen LogP contribution in [-0.2, 0) is 6.42 Å². The Morgan fingerprint density at radius 1 is 1.44 bits per heavy atom. The Hall–Kier alpha value is -1.21. The van der Waals surface area contributed by atoms with Gasteiger partial charge in [-0.2, -0.15) is 4.98 Å². The number of nitrogens with two attached hydrogens (primary N) is 1. The summed E-state index contributed by atoms with van der Waals surface area (Å²) in [5, 5.41) is 6.15. The maximum absolute atomic E-state index is 5.59. The Kier molecular flexibility index (Phi) is 3.68. The molecule has 5 nitrogen and oxygen atoms in total. The summed E-state index contributed by atoms with van der Waals surface area (Å²) >= 11 is 4.90. The Morgan fingerprint density at radius 2 is 2.31 bits per heavy atom. The first-order valence-corrected chi connectivity index (χ1v) is 6.33. The number of rotatable bonds is 4. The molecule has 16 heavy (non-hydrogen) atoms. The van der Waals surface area contributed by atoms with Crippen molar-refractivity contribution < 1.29 is 0 Å². The highest BCUT2D eigenvalue weighted by Crippen LogP contribution is 2.12. The standard InChI is InChI=1S/C9H10BrN5S/c10-6-5-7(11)15-9(14-6)13-2-1-8-12-3-4-16-8/h3-5H,1-2H2,(H3,11,13,14,15). The first-order valence-electron chi connectivity index (χ1n) is 4.66. The van der Waals surface area contributed by atoms with E-state index in [2.05, 4.69) is 36.2 Å². The van der Waals surface area contributed by atoms with Crippen LogP contribution in [0.15, 0.2) is 22.2 Å². The number of hydrogen-bond donors (Lipinski definition) is 2. The van der Waals surface area contributed by atoms with E-state index in [0.717, 1.165) is 18.0 Å². The van der Waals surface area contributed by atoms with Crippen LogP contribution in [0.25, 0.3) is 0 Å².